The van der Waals surface area contributed by atoms with Crippen LogP contribution < -0.4 is 16.0 Å². The van der Waals surface area contributed by atoms with Gasteiger partial charge in [-0.1, -0.05) is 0 Å². The molecule has 2 rings (SSSR count). The number of nitrogens with zero attached hydrogens (tertiary/aromatic N) is 2. The summed E-state index contributed by atoms with van der Waals surface area (Å²) in [5, 5.41) is 3.73. The van der Waals surface area contributed by atoms with Gasteiger partial charge in [0.05, 0.1) is 10.7 Å². The molecule has 3 N–H and O–H groups in total. The second kappa shape index (κ2) is 5.79. The molecule has 0 saturated carbocycles. The molecule has 0 aromatic carbocycles. The van der Waals surface area contributed by atoms with Crippen LogP contribution in [0.1, 0.15) is 23.0 Å². The zero-order chi connectivity index (χ0) is 14.0. The van der Waals surface area contributed by atoms with Crippen LogP contribution >= 0.6 is 11.3 Å². The number of amides is 1. The Hall–Kier alpha value is -1.27. The Kier molecular flexibility index (Phi) is 4.31. The lowest BCUT2D eigenvalue weighted by Gasteiger charge is -2.28. The van der Waals surface area contributed by atoms with Crippen molar-refractivity contribution in [2.24, 2.45) is 0 Å². The van der Waals surface area contributed by atoms with Gasteiger partial charge in [-0.3, -0.25) is 4.79 Å². The fraction of sp³-hybridized carbons (Fsp3) is 0.615. The number of thiophene rings is 1. The molecule has 1 aliphatic rings. The lowest BCUT2D eigenvalue weighted by molar-refractivity contribution is 0.0968. The molecule has 1 unspecified atom stereocenters. The Morgan fingerprint density at radius 3 is 2.95 bits per heavy atom. The van der Waals surface area contributed by atoms with Crippen molar-refractivity contribution in [2.45, 2.75) is 19.4 Å². The standard InChI is InChI=1S/C13H22N4OS/c1-9-8-16(3)5-4-6-17(9)11-7-10(14)12(19-11)13(18)15-2/h7,9H,4-6,8,14H2,1-3H3,(H,15,18). The summed E-state index contributed by atoms with van der Waals surface area (Å²) in [7, 11) is 3.78. The van der Waals surface area contributed by atoms with Gasteiger partial charge in [-0.05, 0) is 33.0 Å². The van der Waals surface area contributed by atoms with Crippen molar-refractivity contribution in [1.82, 2.24) is 10.2 Å². The van der Waals surface area contributed by atoms with E-state index in [0.29, 0.717) is 16.6 Å². The Morgan fingerprint density at radius 1 is 1.53 bits per heavy atom. The van der Waals surface area contributed by atoms with E-state index in [2.05, 4.69) is 29.1 Å². The first-order valence-corrected chi connectivity index (χ1v) is 7.41. The molecule has 2 heterocycles. The number of carbonyl (C=O) groups excluding carboxylic acids is 1. The van der Waals surface area contributed by atoms with Gasteiger partial charge in [0.25, 0.3) is 5.91 Å². The first kappa shape index (κ1) is 14.1. The molecule has 1 aromatic rings. The quantitative estimate of drug-likeness (QED) is 0.856. The molecule has 6 heteroatoms. The van der Waals surface area contributed by atoms with E-state index >= 15 is 0 Å². The number of nitrogens with one attached hydrogen (secondary N) is 1. The summed E-state index contributed by atoms with van der Waals surface area (Å²) in [5.74, 6) is -0.103. The third kappa shape index (κ3) is 3.01. The van der Waals surface area contributed by atoms with Crippen LogP contribution in [0, 0.1) is 0 Å². The van der Waals surface area contributed by atoms with E-state index in [1.165, 1.54) is 11.3 Å². The van der Waals surface area contributed by atoms with E-state index in [1.54, 1.807) is 7.05 Å². The maximum Gasteiger partial charge on any atom is 0.263 e. The van der Waals surface area contributed by atoms with Gasteiger partial charge in [0, 0.05) is 26.2 Å². The zero-order valence-electron chi connectivity index (χ0n) is 11.8. The average molecular weight is 282 g/mol. The number of nitrogen functional groups attached to an aromatic ring is 1. The van der Waals surface area contributed by atoms with Gasteiger partial charge in [-0.25, -0.2) is 0 Å². The molecule has 5 nitrogen and oxygen atoms in total. The van der Waals surface area contributed by atoms with Crippen LogP contribution in [0.3, 0.4) is 0 Å². The molecular weight excluding hydrogens is 260 g/mol. The molecule has 1 aliphatic heterocycles. The topological polar surface area (TPSA) is 61.6 Å². The Morgan fingerprint density at radius 2 is 2.26 bits per heavy atom. The normalized spacial score (nSPS) is 21.2. The summed E-state index contributed by atoms with van der Waals surface area (Å²) in [6.07, 6.45) is 1.13. The highest BCUT2D eigenvalue weighted by Gasteiger charge is 2.23. The summed E-state index contributed by atoms with van der Waals surface area (Å²) < 4.78 is 0. The molecule has 19 heavy (non-hydrogen) atoms. The second-order valence-corrected chi connectivity index (χ2v) is 6.14. The fourth-order valence-electron chi connectivity index (χ4n) is 2.52. The third-order valence-corrected chi connectivity index (χ3v) is 4.70. The van der Waals surface area contributed by atoms with Gasteiger partial charge in [-0.2, -0.15) is 0 Å². The number of carbonyl (C=O) groups is 1. The van der Waals surface area contributed by atoms with E-state index in [-0.39, 0.29) is 5.91 Å². The molecule has 1 amide bonds. The van der Waals surface area contributed by atoms with Crippen LogP contribution in [0.25, 0.3) is 0 Å². The van der Waals surface area contributed by atoms with E-state index < -0.39 is 0 Å². The van der Waals surface area contributed by atoms with Crippen LogP contribution in [0.15, 0.2) is 6.07 Å². The van der Waals surface area contributed by atoms with Crippen LogP contribution in [0.4, 0.5) is 10.7 Å². The molecule has 1 aromatic heterocycles. The lowest BCUT2D eigenvalue weighted by Crippen LogP contribution is -2.37. The molecule has 106 valence electrons. The van der Waals surface area contributed by atoms with Gasteiger partial charge < -0.3 is 20.9 Å². The molecule has 1 fully saturated rings. The predicted molar refractivity (Wildman–Crippen MR) is 81.0 cm³/mol. The molecule has 0 spiro atoms. The van der Waals surface area contributed by atoms with Crippen LogP contribution in [-0.4, -0.2) is 50.6 Å². The Bertz CT molecular complexity index is 459. The summed E-state index contributed by atoms with van der Waals surface area (Å²) in [6.45, 7) is 5.38. The molecule has 1 saturated heterocycles. The highest BCUT2D eigenvalue weighted by atomic mass is 32.1. The predicted octanol–water partition coefficient (Wildman–Crippen LogP) is 1.22. The highest BCUT2D eigenvalue weighted by molar-refractivity contribution is 7.18. The maximum absolute atomic E-state index is 11.7. The number of likely N-dealkylation sites (N-methyl/N-ethyl adjacent to an activating group) is 1. The largest absolute Gasteiger partial charge is 0.397 e. The zero-order valence-corrected chi connectivity index (χ0v) is 12.6. The molecular formula is C13H22N4OS. The number of hydrogen-bond acceptors (Lipinski definition) is 5. The summed E-state index contributed by atoms with van der Waals surface area (Å²) in [5.41, 5.74) is 6.52. The number of rotatable bonds is 2. The Labute approximate surface area is 118 Å². The fourth-order valence-corrected chi connectivity index (χ4v) is 3.68. The first-order valence-electron chi connectivity index (χ1n) is 6.59. The van der Waals surface area contributed by atoms with Gasteiger partial charge >= 0.3 is 0 Å². The van der Waals surface area contributed by atoms with Gasteiger partial charge in [0.1, 0.15) is 4.88 Å². The van der Waals surface area contributed by atoms with E-state index in [1.807, 2.05) is 6.07 Å². The van der Waals surface area contributed by atoms with Gasteiger partial charge in [-0.15, -0.1) is 11.3 Å². The maximum atomic E-state index is 11.7. The van der Waals surface area contributed by atoms with Gasteiger partial charge in [0.2, 0.25) is 0 Å². The number of nitrogens with two attached hydrogens (primary N) is 1. The van der Waals surface area contributed by atoms with E-state index in [0.717, 1.165) is 31.1 Å². The van der Waals surface area contributed by atoms with E-state index in [4.69, 9.17) is 5.73 Å². The minimum Gasteiger partial charge on any atom is -0.397 e. The second-order valence-electron chi connectivity index (χ2n) is 5.11. The average Bonchev–Trinajstić information content (AvgIpc) is 2.66. The first-order chi connectivity index (χ1) is 9.02. The molecule has 0 radical (unpaired) electrons. The van der Waals surface area contributed by atoms with Crippen molar-refractivity contribution >= 4 is 27.9 Å². The molecule has 0 bridgehead atoms. The molecule has 1 atom stereocenters. The Balaban J connectivity index is 2.23. The van der Waals surface area contributed by atoms with Crippen molar-refractivity contribution in [3.63, 3.8) is 0 Å². The van der Waals surface area contributed by atoms with Crippen molar-refractivity contribution in [3.05, 3.63) is 10.9 Å². The summed E-state index contributed by atoms with van der Waals surface area (Å²) in [6, 6.07) is 2.36. The number of anilines is 2. The lowest BCUT2D eigenvalue weighted by atomic mass is 10.3. The van der Waals surface area contributed by atoms with Crippen LogP contribution in [0.2, 0.25) is 0 Å². The van der Waals surface area contributed by atoms with Crippen molar-refractivity contribution in [1.29, 1.82) is 0 Å². The third-order valence-electron chi connectivity index (χ3n) is 3.51. The monoisotopic (exact) mass is 282 g/mol. The molecule has 0 aliphatic carbocycles. The van der Waals surface area contributed by atoms with Gasteiger partial charge in [0.15, 0.2) is 0 Å². The van der Waals surface area contributed by atoms with E-state index in [9.17, 15) is 4.79 Å². The van der Waals surface area contributed by atoms with Crippen molar-refractivity contribution in [2.75, 3.05) is 44.4 Å². The SMILES string of the molecule is CNC(=O)c1sc(N2CCCN(C)CC2C)cc1N. The number of hydrogen-bond donors (Lipinski definition) is 2. The van der Waals surface area contributed by atoms with Crippen LogP contribution in [-0.2, 0) is 0 Å². The minimum atomic E-state index is -0.103. The minimum absolute atomic E-state index is 0.103. The highest BCUT2D eigenvalue weighted by Crippen LogP contribution is 2.34. The summed E-state index contributed by atoms with van der Waals surface area (Å²) >= 11 is 1.48. The summed E-state index contributed by atoms with van der Waals surface area (Å²) in [4.78, 5) is 17.0. The van der Waals surface area contributed by atoms with Crippen LogP contribution in [0.5, 0.6) is 0 Å². The van der Waals surface area contributed by atoms with Crippen molar-refractivity contribution in [3.8, 4) is 0 Å². The smallest absolute Gasteiger partial charge is 0.263 e. The van der Waals surface area contributed by atoms with Crippen molar-refractivity contribution < 1.29 is 4.79 Å².